The van der Waals surface area contributed by atoms with E-state index in [0.717, 1.165) is 25.0 Å². The van der Waals surface area contributed by atoms with Gasteiger partial charge >= 0.3 is 22.3 Å². The molecule has 0 radical (unpaired) electrons. The van der Waals surface area contributed by atoms with Crippen molar-refractivity contribution in [3.63, 3.8) is 0 Å². The number of carbonyl (C=O) groups is 5. The number of esters is 2. The number of phenolic OH excluding ortho intramolecular Hbond substituents is 4. The number of aliphatic hydroxyl groups is 4. The van der Waals surface area contributed by atoms with Crippen LogP contribution in [-0.4, -0.2) is 200 Å². The van der Waals surface area contributed by atoms with Crippen LogP contribution in [0.2, 0.25) is 0 Å². The maximum atomic E-state index is 14.2. The quantitative estimate of drug-likeness (QED) is 0.0209. The molecule has 4 aliphatic rings. The third-order valence-electron chi connectivity index (χ3n) is 18.9. The topological polar surface area (TPSA) is 379 Å². The minimum absolute atomic E-state index is 0.0760. The van der Waals surface area contributed by atoms with Crippen molar-refractivity contribution in [2.24, 2.45) is 23.7 Å². The number of aryl methyl sites for hydroxylation is 2. The number of ether oxygens (including phenoxy) is 7. The molecule has 0 aromatic heterocycles. The molecule has 3 heterocycles. The van der Waals surface area contributed by atoms with Crippen molar-refractivity contribution in [2.45, 2.75) is 278 Å². The van der Waals surface area contributed by atoms with Gasteiger partial charge in [-0.1, -0.05) is 99.3 Å². The lowest BCUT2D eigenvalue weighted by molar-refractivity contribution is -0.319. The van der Waals surface area contributed by atoms with Gasteiger partial charge in [-0.05, 0) is 118 Å². The van der Waals surface area contributed by atoms with E-state index in [1.165, 1.54) is 86.7 Å². The lowest BCUT2D eigenvalue weighted by Crippen LogP contribution is -2.61. The van der Waals surface area contributed by atoms with Gasteiger partial charge in [0.05, 0.1) is 82.5 Å². The molecule has 1 aliphatic carbocycles. The number of aliphatic hydroxyl groups excluding tert-OH is 2. The third-order valence-corrected chi connectivity index (χ3v) is 19.4. The summed E-state index contributed by atoms with van der Waals surface area (Å²) >= 11 is 0. The molecule has 0 bridgehead atoms. The Morgan fingerprint density at radius 2 is 1.21 bits per heavy atom. The molecular formula is C68H109NO24S. The van der Waals surface area contributed by atoms with Crippen LogP contribution in [0.1, 0.15) is 222 Å². The molecule has 26 heteroatoms. The van der Waals surface area contributed by atoms with Gasteiger partial charge in [-0.2, -0.15) is 8.42 Å². The first kappa shape index (κ1) is 81.5. The number of unbranched alkanes of at least 4 members (excludes halogenated alkanes) is 9. The number of hydrogen-bond donors (Lipinski definition) is 9. The van der Waals surface area contributed by atoms with Crippen LogP contribution in [0.25, 0.3) is 0 Å². The number of cyclic esters (lactones) is 1. The number of hydrogen-bond acceptors (Lipinski definition) is 24. The molecular weight excluding hydrogens is 1250 g/mol. The van der Waals surface area contributed by atoms with Crippen molar-refractivity contribution in [2.75, 3.05) is 27.8 Å². The largest absolute Gasteiger partial charge is 0.507 e. The molecule has 0 spiro atoms. The number of likely N-dealkylation sites (N-methyl/N-ethyl adjacent to an activating group) is 1. The predicted molar refractivity (Wildman–Crippen MR) is 346 cm³/mol. The van der Waals surface area contributed by atoms with Crippen LogP contribution in [-0.2, 0) is 62.1 Å². The van der Waals surface area contributed by atoms with Gasteiger partial charge < -0.3 is 78.9 Å². The number of aromatic hydroxyl groups is 4. The molecule has 18 unspecified atom stereocenters. The van der Waals surface area contributed by atoms with Crippen molar-refractivity contribution < 1.29 is 115 Å². The maximum absolute atomic E-state index is 14.2. The maximum Gasteiger partial charge on any atom is 0.397 e. The minimum atomic E-state index is -4.23. The summed E-state index contributed by atoms with van der Waals surface area (Å²) in [7, 11) is 0.973. The molecule has 3 saturated heterocycles. The van der Waals surface area contributed by atoms with Gasteiger partial charge in [0.1, 0.15) is 46.6 Å². The van der Waals surface area contributed by atoms with E-state index in [0.29, 0.717) is 12.8 Å². The van der Waals surface area contributed by atoms with Crippen molar-refractivity contribution in [3.05, 3.63) is 45.5 Å². The normalized spacial score (nSPS) is 32.6. The summed E-state index contributed by atoms with van der Waals surface area (Å²) in [5, 5.41) is 86.7. The minimum Gasteiger partial charge on any atom is -0.507 e. The van der Waals surface area contributed by atoms with Crippen LogP contribution >= 0.6 is 0 Å². The monoisotopic (exact) mass is 1360 g/mol. The lowest BCUT2D eigenvalue weighted by atomic mass is 9.74. The Labute approximate surface area is 555 Å². The van der Waals surface area contributed by atoms with Crippen molar-refractivity contribution in [3.8, 4) is 23.0 Å². The Balaban J connectivity index is 0.000000389. The van der Waals surface area contributed by atoms with Crippen LogP contribution in [0.4, 0.5) is 0 Å². The Morgan fingerprint density at radius 1 is 0.702 bits per heavy atom. The second-order valence-electron chi connectivity index (χ2n) is 27.0. The van der Waals surface area contributed by atoms with Crippen LogP contribution in [0.3, 0.4) is 0 Å². The van der Waals surface area contributed by atoms with Gasteiger partial charge in [-0.25, -0.2) is 4.18 Å². The number of methoxy groups -OCH3 is 1. The third kappa shape index (κ3) is 20.3. The van der Waals surface area contributed by atoms with Crippen molar-refractivity contribution >= 4 is 39.7 Å². The van der Waals surface area contributed by atoms with Crippen LogP contribution in [0, 0.1) is 37.5 Å². The average molecular weight is 1360 g/mol. The van der Waals surface area contributed by atoms with Gasteiger partial charge in [0, 0.05) is 37.7 Å². The fourth-order valence-corrected chi connectivity index (χ4v) is 13.6. The van der Waals surface area contributed by atoms with Crippen LogP contribution in [0.15, 0.2) is 12.1 Å². The molecule has 536 valence electrons. The number of carbonyl (C=O) groups excluding carboxylic acids is 5. The second-order valence-corrected chi connectivity index (χ2v) is 28.1. The highest BCUT2D eigenvalue weighted by atomic mass is 32.3. The van der Waals surface area contributed by atoms with Crippen molar-refractivity contribution in [1.82, 2.24) is 4.90 Å². The van der Waals surface area contributed by atoms with Crippen LogP contribution < -0.4 is 0 Å². The molecule has 2 aromatic carbocycles. The van der Waals surface area contributed by atoms with Gasteiger partial charge in [-0.15, -0.1) is 0 Å². The smallest absolute Gasteiger partial charge is 0.397 e. The van der Waals surface area contributed by atoms with Gasteiger partial charge in [0.25, 0.3) is 0 Å². The number of benzene rings is 2. The SMILES string of the molecule is CCC(=O)OC1C(OC2C(C)C(OC3CC(C)(OC)C(O)C(C)O3)C(C)C(=O)OC(CC)C(C)(O)C(O)C(C)C(=O)C(C)CC2(C)O)OC(C)CC1N(C)C.CCCCCCCCCCCCOS(=O)(=O)O.Cc1cc(O)c2c(c1O)C(=O)c1c(O)cc(C)c(O)c1C2=O. The summed E-state index contributed by atoms with van der Waals surface area (Å²) in [5.74, 6) is -9.03. The number of phenols is 4. The summed E-state index contributed by atoms with van der Waals surface area (Å²) in [4.78, 5) is 68.0. The Bertz CT molecular complexity index is 2910. The first-order chi connectivity index (χ1) is 43.7. The molecule has 9 N–H and O–H groups in total. The van der Waals surface area contributed by atoms with Gasteiger partial charge in [-0.3, -0.25) is 28.5 Å². The van der Waals surface area contributed by atoms with E-state index in [-0.39, 0.29) is 77.8 Å². The molecule has 6 rings (SSSR count). The average Bonchev–Trinajstić information content (AvgIpc) is 0.730. The number of ketones is 3. The highest BCUT2D eigenvalue weighted by Gasteiger charge is 2.54. The van der Waals surface area contributed by atoms with E-state index in [9.17, 15) is 73.2 Å². The van der Waals surface area contributed by atoms with Crippen molar-refractivity contribution in [1.29, 1.82) is 0 Å². The Hall–Kier alpha value is -4.94. The van der Waals surface area contributed by atoms with E-state index < -0.39 is 158 Å². The van der Waals surface area contributed by atoms with Gasteiger partial charge in [0.2, 0.25) is 11.6 Å². The second kappa shape index (κ2) is 35.0. The molecule has 3 aliphatic heterocycles. The number of nitrogens with zero attached hydrogens (tertiary/aromatic N) is 1. The summed E-state index contributed by atoms with van der Waals surface area (Å²) in [5.41, 5.74) is -5.97. The number of rotatable bonds is 21. The zero-order valence-corrected chi connectivity index (χ0v) is 58.9. The first-order valence-electron chi connectivity index (χ1n) is 33.1. The van der Waals surface area contributed by atoms with Crippen LogP contribution in [0.5, 0.6) is 23.0 Å². The van der Waals surface area contributed by atoms with E-state index in [1.807, 2.05) is 25.9 Å². The lowest BCUT2D eigenvalue weighted by Gasteiger charge is -2.49. The van der Waals surface area contributed by atoms with E-state index in [4.69, 9.17) is 37.7 Å². The standard InChI is InChI=1S/C40H71NO14.C16H12O6.C12H26O4S/c1-15-27-40(11,48)33(44)22(5)30(43)20(3)18-38(9,47)35(55-37-32(53-28(42)16-2)26(41(12)13)17-21(4)50-37)23(6)31(24(7)36(46)52-27)54-29-19-39(10,49-14)34(45)25(8)51-29;1-5-3-7(17)9-11(13(5)19)15(21)10-8(18)4-6(2)14(20)12(10)16(9)22;1-2-3-4-5-6-7-8-9-10-11-12-16-17(13,14)15/h20-27,29,31-35,37,44-45,47-48H,15-19H2,1-14H3;3-4,17-20H,1-2H3;2-12H2,1H3,(H,13,14,15). The van der Waals surface area contributed by atoms with E-state index >= 15 is 0 Å². The first-order valence-corrected chi connectivity index (χ1v) is 34.4. The molecule has 18 atom stereocenters. The molecule has 25 nitrogen and oxygen atoms in total. The zero-order valence-electron chi connectivity index (χ0n) is 58.1. The molecule has 3 fully saturated rings. The molecule has 94 heavy (non-hydrogen) atoms. The molecule has 0 amide bonds. The van der Waals surface area contributed by atoms with E-state index in [1.54, 1.807) is 48.5 Å². The number of fused-ring (bicyclic) bond motifs is 2. The van der Waals surface area contributed by atoms with Gasteiger partial charge in [0.15, 0.2) is 18.7 Å². The molecule has 0 saturated carbocycles. The highest BCUT2D eigenvalue weighted by Crippen LogP contribution is 2.46. The van der Waals surface area contributed by atoms with E-state index in [2.05, 4.69) is 11.1 Å². The summed E-state index contributed by atoms with van der Waals surface area (Å²) in [6.45, 7) is 23.2. The highest BCUT2D eigenvalue weighted by molar-refractivity contribution is 7.80. The fourth-order valence-electron chi connectivity index (χ4n) is 13.2. The summed E-state index contributed by atoms with van der Waals surface area (Å²) in [6, 6.07) is 2.01. The Kier molecular flexibility index (Phi) is 30.4. The molecule has 2 aromatic rings. The Morgan fingerprint density at radius 3 is 1.68 bits per heavy atom. The predicted octanol–water partition coefficient (Wildman–Crippen LogP) is 8.37. The fraction of sp³-hybridized carbons (Fsp3) is 0.750. The number of Topliss-reactive ketones (excluding diaryl/α,β-unsaturated/α-hetero) is 1. The zero-order chi connectivity index (χ0) is 71.3. The summed E-state index contributed by atoms with van der Waals surface area (Å²) in [6.07, 6.45) is 2.17. The summed E-state index contributed by atoms with van der Waals surface area (Å²) < 4.78 is 76.6.